The molecule has 2 amide bonds. The van der Waals surface area contributed by atoms with Gasteiger partial charge in [0.2, 0.25) is 11.8 Å². The molecule has 2 atom stereocenters. The number of benzene rings is 1. The van der Waals surface area contributed by atoms with E-state index in [9.17, 15) is 9.59 Å². The van der Waals surface area contributed by atoms with Crippen LogP contribution in [0.2, 0.25) is 0 Å². The van der Waals surface area contributed by atoms with Crippen LogP contribution in [-0.4, -0.2) is 53.0 Å². The first kappa shape index (κ1) is 18.1. The van der Waals surface area contributed by atoms with Crippen molar-refractivity contribution in [3.63, 3.8) is 0 Å². The molecule has 2 heterocycles. The third-order valence-corrected chi connectivity index (χ3v) is 6.66. The minimum absolute atomic E-state index is 0.00534. The van der Waals surface area contributed by atoms with Gasteiger partial charge in [-0.1, -0.05) is 18.2 Å². The van der Waals surface area contributed by atoms with Crippen molar-refractivity contribution < 1.29 is 9.59 Å². The first-order valence-corrected chi connectivity index (χ1v) is 10.1. The zero-order chi connectivity index (χ0) is 17.9. The minimum Gasteiger partial charge on any atom is -0.372 e. The minimum atomic E-state index is -0.304. The van der Waals surface area contributed by atoms with Crippen molar-refractivity contribution >= 4 is 29.3 Å². The Balaban J connectivity index is 1.46. The van der Waals surface area contributed by atoms with Crippen molar-refractivity contribution in [1.29, 1.82) is 0 Å². The molecule has 0 saturated carbocycles. The van der Waals surface area contributed by atoms with E-state index in [1.54, 1.807) is 11.8 Å². The number of anilines is 1. The number of fused-ring (bicyclic) bond motifs is 1. The van der Waals surface area contributed by atoms with Crippen molar-refractivity contribution in [2.24, 2.45) is 0 Å². The van der Waals surface area contributed by atoms with Gasteiger partial charge in [0.15, 0.2) is 0 Å². The number of rotatable bonds is 7. The maximum Gasteiger partial charge on any atom is 0.243 e. The van der Waals surface area contributed by atoms with Crippen molar-refractivity contribution in [3.05, 3.63) is 30.3 Å². The Hall–Kier alpha value is -1.69. The number of carbonyl (C=O) groups excluding carboxylic acids is 2. The normalized spacial score (nSPS) is 25.1. The number of thioether (sulfide) groups is 1. The summed E-state index contributed by atoms with van der Waals surface area (Å²) in [6, 6.07) is 10.0. The molecule has 1 N–H and O–H groups in total. The number of para-hydroxylation sites is 1. The van der Waals surface area contributed by atoms with Crippen LogP contribution in [0.4, 0.5) is 5.69 Å². The highest BCUT2D eigenvalue weighted by Gasteiger charge is 2.52. The molecule has 2 saturated heterocycles. The van der Waals surface area contributed by atoms with Gasteiger partial charge in [0.05, 0.1) is 4.87 Å². The summed E-state index contributed by atoms with van der Waals surface area (Å²) in [6.07, 6.45) is 2.30. The van der Waals surface area contributed by atoms with Crippen molar-refractivity contribution in [2.75, 3.05) is 30.3 Å². The summed E-state index contributed by atoms with van der Waals surface area (Å²) < 4.78 is 0. The van der Waals surface area contributed by atoms with Gasteiger partial charge in [-0.15, -0.1) is 11.8 Å². The number of nitrogens with zero attached hydrogens (tertiary/aromatic N) is 2. The van der Waals surface area contributed by atoms with E-state index in [0.29, 0.717) is 18.7 Å². The Morgan fingerprint density at radius 2 is 2.16 bits per heavy atom. The Kier molecular flexibility index (Phi) is 5.57. The van der Waals surface area contributed by atoms with Crippen LogP contribution in [-0.2, 0) is 9.59 Å². The topological polar surface area (TPSA) is 52.7 Å². The number of nitrogens with one attached hydrogen (secondary N) is 1. The molecular weight excluding hydrogens is 334 g/mol. The number of hydrogen-bond donors (Lipinski definition) is 1. The molecule has 2 fully saturated rings. The summed E-state index contributed by atoms with van der Waals surface area (Å²) in [7, 11) is 0. The standard InChI is InChI=1S/C19H27N3O2S/c1-3-21(15-8-5-4-6-9-15)13-7-12-20-18(24)16-14-25-19(2)11-10-17(23)22(16)19/h4-6,8-9,16H,3,7,10-14H2,1-2H3,(H,20,24). The lowest BCUT2D eigenvalue weighted by Gasteiger charge is -2.30. The molecule has 2 unspecified atom stereocenters. The molecule has 0 radical (unpaired) electrons. The van der Waals surface area contributed by atoms with Crippen LogP contribution in [0.25, 0.3) is 0 Å². The summed E-state index contributed by atoms with van der Waals surface area (Å²) in [5.74, 6) is 0.822. The molecule has 136 valence electrons. The van der Waals surface area contributed by atoms with Crippen LogP contribution in [0.1, 0.15) is 33.1 Å². The smallest absolute Gasteiger partial charge is 0.243 e. The van der Waals surface area contributed by atoms with Crippen LogP contribution >= 0.6 is 11.8 Å². The summed E-state index contributed by atoms with van der Waals surface area (Å²) >= 11 is 1.74. The van der Waals surface area contributed by atoms with Gasteiger partial charge in [-0.3, -0.25) is 9.59 Å². The van der Waals surface area contributed by atoms with Crippen LogP contribution in [0.3, 0.4) is 0 Å². The van der Waals surface area contributed by atoms with E-state index >= 15 is 0 Å². The fourth-order valence-corrected chi connectivity index (χ4v) is 5.15. The van der Waals surface area contributed by atoms with Crippen LogP contribution < -0.4 is 10.2 Å². The maximum atomic E-state index is 12.5. The van der Waals surface area contributed by atoms with E-state index in [1.165, 1.54) is 5.69 Å². The molecule has 5 nitrogen and oxygen atoms in total. The molecule has 0 spiro atoms. The number of carbonyl (C=O) groups is 2. The molecule has 2 aliphatic heterocycles. The molecule has 0 aliphatic carbocycles. The van der Waals surface area contributed by atoms with Crippen LogP contribution in [0.5, 0.6) is 0 Å². The molecule has 1 aromatic rings. The second-order valence-corrected chi connectivity index (χ2v) is 8.33. The molecule has 1 aromatic carbocycles. The summed E-state index contributed by atoms with van der Waals surface area (Å²) in [5, 5.41) is 3.03. The largest absolute Gasteiger partial charge is 0.372 e. The van der Waals surface area contributed by atoms with Gasteiger partial charge < -0.3 is 15.1 Å². The van der Waals surface area contributed by atoms with E-state index in [1.807, 2.05) is 23.1 Å². The lowest BCUT2D eigenvalue weighted by molar-refractivity contribution is -0.137. The van der Waals surface area contributed by atoms with Gasteiger partial charge in [-0.25, -0.2) is 0 Å². The highest BCUT2D eigenvalue weighted by molar-refractivity contribution is 8.01. The molecule has 0 aromatic heterocycles. The third kappa shape index (κ3) is 3.78. The number of hydrogen-bond acceptors (Lipinski definition) is 4. The zero-order valence-electron chi connectivity index (χ0n) is 15.0. The van der Waals surface area contributed by atoms with E-state index in [4.69, 9.17) is 0 Å². The van der Waals surface area contributed by atoms with E-state index in [2.05, 4.69) is 36.2 Å². The number of amides is 2. The highest BCUT2D eigenvalue weighted by atomic mass is 32.2. The van der Waals surface area contributed by atoms with Gasteiger partial charge >= 0.3 is 0 Å². The average Bonchev–Trinajstić information content (AvgIpc) is 3.12. The first-order chi connectivity index (χ1) is 12.0. The van der Waals surface area contributed by atoms with Crippen LogP contribution in [0, 0.1) is 0 Å². The Morgan fingerprint density at radius 3 is 2.88 bits per heavy atom. The Morgan fingerprint density at radius 1 is 1.40 bits per heavy atom. The first-order valence-electron chi connectivity index (χ1n) is 9.09. The van der Waals surface area contributed by atoms with Crippen molar-refractivity contribution in [2.45, 2.75) is 44.0 Å². The predicted molar refractivity (Wildman–Crippen MR) is 103 cm³/mol. The monoisotopic (exact) mass is 361 g/mol. The maximum absolute atomic E-state index is 12.5. The molecule has 6 heteroatoms. The lowest BCUT2D eigenvalue weighted by atomic mass is 10.2. The highest BCUT2D eigenvalue weighted by Crippen LogP contribution is 2.47. The predicted octanol–water partition coefficient (Wildman–Crippen LogP) is 2.47. The third-order valence-electron chi connectivity index (χ3n) is 5.15. The van der Waals surface area contributed by atoms with Gasteiger partial charge in [0.25, 0.3) is 0 Å². The van der Waals surface area contributed by atoms with Crippen molar-refractivity contribution in [1.82, 2.24) is 10.2 Å². The Labute approximate surface area is 154 Å². The van der Waals surface area contributed by atoms with E-state index in [0.717, 1.165) is 25.9 Å². The average molecular weight is 362 g/mol. The van der Waals surface area contributed by atoms with Crippen molar-refractivity contribution in [3.8, 4) is 0 Å². The summed E-state index contributed by atoms with van der Waals surface area (Å²) in [5.41, 5.74) is 1.21. The lowest BCUT2D eigenvalue weighted by Crippen LogP contribution is -2.50. The van der Waals surface area contributed by atoms with Gasteiger partial charge in [0, 0.05) is 37.5 Å². The summed E-state index contributed by atoms with van der Waals surface area (Å²) in [6.45, 7) is 6.70. The molecule has 2 aliphatic rings. The zero-order valence-corrected chi connectivity index (χ0v) is 15.8. The van der Waals surface area contributed by atoms with E-state index < -0.39 is 0 Å². The molecule has 3 rings (SSSR count). The van der Waals surface area contributed by atoms with Gasteiger partial charge in [-0.05, 0) is 38.8 Å². The summed E-state index contributed by atoms with van der Waals surface area (Å²) in [4.78, 5) is 28.6. The Bertz CT molecular complexity index is 624. The second-order valence-electron chi connectivity index (χ2n) is 6.83. The van der Waals surface area contributed by atoms with Gasteiger partial charge in [0.1, 0.15) is 6.04 Å². The molecule has 25 heavy (non-hydrogen) atoms. The second kappa shape index (κ2) is 7.68. The molecular formula is C19H27N3O2S. The molecule has 0 bridgehead atoms. The quantitative estimate of drug-likeness (QED) is 0.758. The SMILES string of the molecule is CCN(CCCNC(=O)C1CSC2(C)CCC(=O)N12)c1ccccc1. The fraction of sp³-hybridized carbons (Fsp3) is 0.579. The van der Waals surface area contributed by atoms with Crippen LogP contribution in [0.15, 0.2) is 30.3 Å². The fourth-order valence-electron chi connectivity index (χ4n) is 3.72. The van der Waals surface area contributed by atoms with Gasteiger partial charge in [-0.2, -0.15) is 0 Å². The van der Waals surface area contributed by atoms with E-state index in [-0.39, 0.29) is 22.7 Å².